The first-order valence-electron chi connectivity index (χ1n) is 4.79. The Morgan fingerprint density at radius 2 is 1.88 bits per heavy atom. The van der Waals surface area contributed by atoms with Crippen molar-refractivity contribution in [2.24, 2.45) is 11.8 Å². The van der Waals surface area contributed by atoms with Gasteiger partial charge in [-0.25, -0.2) is 13.6 Å². The van der Waals surface area contributed by atoms with E-state index in [0.29, 0.717) is 4.90 Å². The van der Waals surface area contributed by atoms with E-state index in [1.54, 1.807) is 13.8 Å². The summed E-state index contributed by atoms with van der Waals surface area (Å²) < 4.78 is 24.3. The van der Waals surface area contributed by atoms with E-state index in [4.69, 9.17) is 0 Å². The highest BCUT2D eigenvalue weighted by atomic mass is 19.3. The van der Waals surface area contributed by atoms with Gasteiger partial charge in [0.2, 0.25) is 11.8 Å². The topological polar surface area (TPSA) is 66.5 Å². The number of nitrogens with one attached hydrogen (secondary N) is 1. The quantitative estimate of drug-likeness (QED) is 0.727. The molecule has 1 unspecified atom stereocenters. The Morgan fingerprint density at radius 1 is 1.31 bits per heavy atom. The van der Waals surface area contributed by atoms with Crippen LogP contribution in [0.4, 0.5) is 13.6 Å². The molecule has 1 aliphatic rings. The molecule has 90 valence electrons. The van der Waals surface area contributed by atoms with Crippen molar-refractivity contribution in [3.63, 3.8) is 0 Å². The number of halogens is 2. The maximum atomic E-state index is 12.1. The highest BCUT2D eigenvalue weighted by molar-refractivity contribution is 6.16. The Morgan fingerprint density at radius 3 is 2.31 bits per heavy atom. The number of amides is 4. The maximum absolute atomic E-state index is 12.1. The van der Waals surface area contributed by atoms with E-state index in [-0.39, 0.29) is 5.92 Å². The van der Waals surface area contributed by atoms with Crippen molar-refractivity contribution in [1.82, 2.24) is 10.2 Å². The lowest BCUT2D eigenvalue weighted by molar-refractivity contribution is -0.145. The smallest absolute Gasteiger partial charge is 0.277 e. The second-order valence-corrected chi connectivity index (χ2v) is 3.86. The van der Waals surface area contributed by atoms with Crippen molar-refractivity contribution in [2.75, 3.05) is 6.54 Å². The van der Waals surface area contributed by atoms with Crippen LogP contribution < -0.4 is 5.32 Å². The standard InChI is InChI=1S/C9H12F2N2O3/c1-4(2)6-7(14)12-9(16)13(8(6)15)3-5(10)11/h4-6H,3H2,1-2H3,(H,12,14,16). The van der Waals surface area contributed by atoms with Gasteiger partial charge in [-0.05, 0) is 5.92 Å². The molecule has 16 heavy (non-hydrogen) atoms. The Bertz CT molecular complexity index is 331. The summed E-state index contributed by atoms with van der Waals surface area (Å²) in [6.07, 6.45) is -2.81. The van der Waals surface area contributed by atoms with Gasteiger partial charge in [0, 0.05) is 0 Å². The highest BCUT2D eigenvalue weighted by Gasteiger charge is 2.42. The zero-order valence-electron chi connectivity index (χ0n) is 8.87. The normalized spacial score (nSPS) is 22.0. The molecule has 4 amide bonds. The number of carbonyl (C=O) groups is 3. The number of urea groups is 1. The summed E-state index contributed by atoms with van der Waals surface area (Å²) in [6.45, 7) is 2.23. The van der Waals surface area contributed by atoms with Gasteiger partial charge in [0.05, 0.1) is 6.54 Å². The lowest BCUT2D eigenvalue weighted by Crippen LogP contribution is -2.60. The fourth-order valence-electron chi connectivity index (χ4n) is 1.53. The first-order chi connectivity index (χ1) is 7.34. The monoisotopic (exact) mass is 234 g/mol. The van der Waals surface area contributed by atoms with Gasteiger partial charge < -0.3 is 0 Å². The number of barbiturate groups is 1. The molecular weight excluding hydrogens is 222 g/mol. The van der Waals surface area contributed by atoms with Crippen LogP contribution in [0.25, 0.3) is 0 Å². The van der Waals surface area contributed by atoms with Crippen LogP contribution in [0.15, 0.2) is 0 Å². The molecule has 1 rings (SSSR count). The molecule has 1 saturated heterocycles. The van der Waals surface area contributed by atoms with Gasteiger partial charge in [-0.15, -0.1) is 0 Å². The summed E-state index contributed by atoms with van der Waals surface area (Å²) >= 11 is 0. The summed E-state index contributed by atoms with van der Waals surface area (Å²) in [7, 11) is 0. The Hall–Kier alpha value is -1.53. The molecule has 5 nitrogen and oxygen atoms in total. The molecule has 7 heteroatoms. The van der Waals surface area contributed by atoms with Gasteiger partial charge in [-0.1, -0.05) is 13.8 Å². The number of alkyl halides is 2. The zero-order valence-corrected chi connectivity index (χ0v) is 8.87. The lowest BCUT2D eigenvalue weighted by atomic mass is 9.92. The molecule has 1 aliphatic heterocycles. The van der Waals surface area contributed by atoms with Crippen molar-refractivity contribution in [2.45, 2.75) is 20.3 Å². The average molecular weight is 234 g/mol. The molecule has 0 bridgehead atoms. The minimum atomic E-state index is -2.81. The van der Waals surface area contributed by atoms with Crippen molar-refractivity contribution in [3.8, 4) is 0 Å². The van der Waals surface area contributed by atoms with E-state index < -0.39 is 36.7 Å². The summed E-state index contributed by atoms with van der Waals surface area (Å²) in [4.78, 5) is 34.5. The van der Waals surface area contributed by atoms with E-state index in [0.717, 1.165) is 0 Å². The van der Waals surface area contributed by atoms with Gasteiger partial charge in [0.25, 0.3) is 6.43 Å². The van der Waals surface area contributed by atoms with Crippen molar-refractivity contribution in [3.05, 3.63) is 0 Å². The summed E-state index contributed by atoms with van der Waals surface area (Å²) in [5.41, 5.74) is 0. The fourth-order valence-corrected chi connectivity index (χ4v) is 1.53. The third-order valence-electron chi connectivity index (χ3n) is 2.28. The third-order valence-corrected chi connectivity index (χ3v) is 2.28. The van der Waals surface area contributed by atoms with Gasteiger partial charge in [0.1, 0.15) is 5.92 Å². The maximum Gasteiger partial charge on any atom is 0.330 e. The largest absolute Gasteiger partial charge is 0.330 e. The van der Waals surface area contributed by atoms with Crippen LogP contribution >= 0.6 is 0 Å². The van der Waals surface area contributed by atoms with Crippen LogP contribution in [0.3, 0.4) is 0 Å². The van der Waals surface area contributed by atoms with Crippen LogP contribution in [0.2, 0.25) is 0 Å². The fraction of sp³-hybridized carbons (Fsp3) is 0.667. The van der Waals surface area contributed by atoms with E-state index in [9.17, 15) is 23.2 Å². The summed E-state index contributed by atoms with van der Waals surface area (Å²) in [5.74, 6) is -3.00. The predicted octanol–water partition coefficient (Wildman–Crippen LogP) is 0.602. The molecule has 0 radical (unpaired) electrons. The zero-order chi connectivity index (χ0) is 12.5. The minimum absolute atomic E-state index is 0.347. The molecule has 0 aromatic heterocycles. The highest BCUT2D eigenvalue weighted by Crippen LogP contribution is 2.19. The second kappa shape index (κ2) is 4.54. The molecule has 0 aliphatic carbocycles. The SMILES string of the molecule is CC(C)C1C(=O)NC(=O)N(CC(F)F)C1=O. The van der Waals surface area contributed by atoms with E-state index in [1.165, 1.54) is 0 Å². The van der Waals surface area contributed by atoms with E-state index in [2.05, 4.69) is 0 Å². The molecular formula is C9H12F2N2O3. The third kappa shape index (κ3) is 2.34. The van der Waals surface area contributed by atoms with Crippen LogP contribution in [-0.2, 0) is 9.59 Å². The number of hydrogen-bond acceptors (Lipinski definition) is 3. The van der Waals surface area contributed by atoms with Gasteiger partial charge in [-0.2, -0.15) is 0 Å². The molecule has 1 fully saturated rings. The lowest BCUT2D eigenvalue weighted by Gasteiger charge is -2.31. The van der Waals surface area contributed by atoms with Crippen molar-refractivity contribution < 1.29 is 23.2 Å². The van der Waals surface area contributed by atoms with E-state index in [1.807, 2.05) is 5.32 Å². The first-order valence-corrected chi connectivity index (χ1v) is 4.79. The van der Waals surface area contributed by atoms with Gasteiger partial charge in [0.15, 0.2) is 0 Å². The predicted molar refractivity (Wildman–Crippen MR) is 49.6 cm³/mol. The molecule has 1 N–H and O–H groups in total. The molecule has 0 spiro atoms. The van der Waals surface area contributed by atoms with Crippen LogP contribution in [0.1, 0.15) is 13.8 Å². The minimum Gasteiger partial charge on any atom is -0.277 e. The number of nitrogens with zero attached hydrogens (tertiary/aromatic N) is 1. The molecule has 0 aromatic rings. The van der Waals surface area contributed by atoms with E-state index >= 15 is 0 Å². The van der Waals surface area contributed by atoms with Crippen molar-refractivity contribution >= 4 is 17.8 Å². The van der Waals surface area contributed by atoms with Gasteiger partial charge in [-0.3, -0.25) is 19.8 Å². The number of carbonyl (C=O) groups excluding carboxylic acids is 3. The second-order valence-electron chi connectivity index (χ2n) is 3.86. The van der Waals surface area contributed by atoms with Crippen LogP contribution in [0, 0.1) is 11.8 Å². The molecule has 0 aromatic carbocycles. The number of imide groups is 2. The Balaban J connectivity index is 2.90. The number of hydrogen-bond donors (Lipinski definition) is 1. The molecule has 1 heterocycles. The Kier molecular flexibility index (Phi) is 3.56. The van der Waals surface area contributed by atoms with Crippen LogP contribution in [-0.4, -0.2) is 35.7 Å². The summed E-state index contributed by atoms with van der Waals surface area (Å²) in [6, 6.07) is -1.08. The summed E-state index contributed by atoms with van der Waals surface area (Å²) in [5, 5.41) is 1.89. The van der Waals surface area contributed by atoms with Gasteiger partial charge >= 0.3 is 6.03 Å². The molecule has 0 saturated carbocycles. The average Bonchev–Trinajstić information content (AvgIpc) is 2.10. The number of rotatable bonds is 3. The van der Waals surface area contributed by atoms with Crippen LogP contribution in [0.5, 0.6) is 0 Å². The van der Waals surface area contributed by atoms with Crippen molar-refractivity contribution in [1.29, 1.82) is 0 Å². The Labute approximate surface area is 90.8 Å². The molecule has 1 atom stereocenters. The first kappa shape index (κ1) is 12.5.